The lowest BCUT2D eigenvalue weighted by molar-refractivity contribution is -0.179. The van der Waals surface area contributed by atoms with E-state index in [1.165, 1.54) is 0 Å². The van der Waals surface area contributed by atoms with Crippen molar-refractivity contribution in [2.75, 3.05) is 6.61 Å². The summed E-state index contributed by atoms with van der Waals surface area (Å²) in [5.74, 6) is 0. The third-order valence-electron chi connectivity index (χ3n) is 4.66. The van der Waals surface area contributed by atoms with Gasteiger partial charge in [0.25, 0.3) is 0 Å². The molecule has 2 aromatic carbocycles. The second kappa shape index (κ2) is 12.1. The van der Waals surface area contributed by atoms with Crippen molar-refractivity contribution in [3.63, 3.8) is 0 Å². The van der Waals surface area contributed by atoms with E-state index in [9.17, 15) is 0 Å². The fourth-order valence-electron chi connectivity index (χ4n) is 3.09. The second-order valence-corrected chi connectivity index (χ2v) is 6.75. The quantitative estimate of drug-likeness (QED) is 0.481. The smallest absolute Gasteiger partial charge is 0.134 e. The lowest BCUT2D eigenvalue weighted by Crippen LogP contribution is -2.29. The number of benzene rings is 2. The Morgan fingerprint density at radius 2 is 1.59 bits per heavy atom. The highest BCUT2D eigenvalue weighted by Gasteiger charge is 2.23. The molecule has 1 unspecified atom stereocenters. The minimum Gasteiger partial charge on any atom is -0.374 e. The van der Waals surface area contributed by atoms with Crippen LogP contribution >= 0.6 is 0 Å². The van der Waals surface area contributed by atoms with Crippen molar-refractivity contribution in [2.24, 2.45) is 0 Å². The number of hydrogen-bond acceptors (Lipinski definition) is 3. The minimum atomic E-state index is -0.217. The summed E-state index contributed by atoms with van der Waals surface area (Å²) in [6.45, 7) is 17.0. The second-order valence-electron chi connectivity index (χ2n) is 6.75. The van der Waals surface area contributed by atoms with Crippen LogP contribution in [-0.2, 0) is 16.2 Å². The van der Waals surface area contributed by atoms with E-state index < -0.39 is 0 Å². The Balaban J connectivity index is 0.00000145. The maximum atomic E-state index is 6.27. The average molecular weight is 392 g/mol. The first-order valence-electron chi connectivity index (χ1n) is 10.3. The molecule has 1 heterocycles. The SMILES string of the molecule is C=Cc1ccc(COCC(ON2C(=C)CCCC2=C)c2ccccc2)cc1.CC. The van der Waals surface area contributed by atoms with Gasteiger partial charge in [-0.2, -0.15) is 0 Å². The Labute approximate surface area is 175 Å². The van der Waals surface area contributed by atoms with Crippen molar-refractivity contribution < 1.29 is 9.57 Å². The third kappa shape index (κ3) is 6.74. The highest BCUT2D eigenvalue weighted by Crippen LogP contribution is 2.31. The number of nitrogens with zero attached hydrogens (tertiary/aromatic N) is 1. The lowest BCUT2D eigenvalue weighted by atomic mass is 10.1. The molecule has 3 rings (SSSR count). The van der Waals surface area contributed by atoms with Crippen molar-refractivity contribution in [1.82, 2.24) is 5.06 Å². The van der Waals surface area contributed by atoms with Crippen molar-refractivity contribution >= 4 is 6.08 Å². The third-order valence-corrected chi connectivity index (χ3v) is 4.66. The predicted octanol–water partition coefficient (Wildman–Crippen LogP) is 7.06. The van der Waals surface area contributed by atoms with Gasteiger partial charge in [-0.1, -0.05) is 94.3 Å². The molecule has 1 aliphatic rings. The molecule has 0 bridgehead atoms. The number of hydrogen-bond donors (Lipinski definition) is 0. The summed E-state index contributed by atoms with van der Waals surface area (Å²) in [6.07, 6.45) is 4.55. The highest BCUT2D eigenvalue weighted by molar-refractivity contribution is 5.47. The van der Waals surface area contributed by atoms with Crippen LogP contribution < -0.4 is 0 Å². The van der Waals surface area contributed by atoms with Gasteiger partial charge in [0.2, 0.25) is 0 Å². The molecular weight excluding hydrogens is 358 g/mol. The van der Waals surface area contributed by atoms with Gasteiger partial charge in [0.15, 0.2) is 0 Å². The first kappa shape index (κ1) is 22.7. The maximum Gasteiger partial charge on any atom is 0.134 e. The van der Waals surface area contributed by atoms with Crippen LogP contribution in [0.4, 0.5) is 0 Å². The van der Waals surface area contributed by atoms with E-state index in [-0.39, 0.29) is 6.10 Å². The standard InChI is InChI=1S/C24H27NO2.C2H6/c1-4-21-13-15-22(16-14-21)17-26-18-24(23-11-6-5-7-12-23)27-25-19(2)9-8-10-20(25)3;1-2/h4-7,11-16,24H,1-3,8-10,17-18H2;1-2H3. The van der Waals surface area contributed by atoms with Gasteiger partial charge in [-0.15, -0.1) is 0 Å². The summed E-state index contributed by atoms with van der Waals surface area (Å²) in [4.78, 5) is 6.27. The molecule has 1 atom stereocenters. The highest BCUT2D eigenvalue weighted by atomic mass is 16.7. The van der Waals surface area contributed by atoms with Crippen molar-refractivity contribution in [3.05, 3.63) is 102 Å². The van der Waals surface area contributed by atoms with Crippen molar-refractivity contribution in [2.45, 2.75) is 45.8 Å². The van der Waals surface area contributed by atoms with Gasteiger partial charge < -0.3 is 4.74 Å². The molecule has 0 radical (unpaired) electrons. The summed E-state index contributed by atoms with van der Waals surface area (Å²) in [5.41, 5.74) is 5.20. The number of piperidine rings is 1. The maximum absolute atomic E-state index is 6.27. The van der Waals surface area contributed by atoms with Crippen molar-refractivity contribution in [1.29, 1.82) is 0 Å². The molecule has 29 heavy (non-hydrogen) atoms. The van der Waals surface area contributed by atoms with Gasteiger partial charge in [0, 0.05) is 11.4 Å². The van der Waals surface area contributed by atoms with Crippen LogP contribution in [0.25, 0.3) is 6.08 Å². The van der Waals surface area contributed by atoms with Gasteiger partial charge in [-0.05, 0) is 36.0 Å². The van der Waals surface area contributed by atoms with Gasteiger partial charge >= 0.3 is 0 Å². The topological polar surface area (TPSA) is 21.7 Å². The normalized spacial score (nSPS) is 14.8. The van der Waals surface area contributed by atoms with Gasteiger partial charge in [-0.3, -0.25) is 4.84 Å². The van der Waals surface area contributed by atoms with Crippen LogP contribution in [0.5, 0.6) is 0 Å². The molecule has 0 N–H and O–H groups in total. The molecule has 3 heteroatoms. The Hall–Kier alpha value is -2.62. The van der Waals surface area contributed by atoms with Crippen LogP contribution in [0.1, 0.15) is 55.9 Å². The Morgan fingerprint density at radius 1 is 0.966 bits per heavy atom. The minimum absolute atomic E-state index is 0.217. The van der Waals surface area contributed by atoms with Gasteiger partial charge in [0.05, 0.1) is 13.2 Å². The van der Waals surface area contributed by atoms with Crippen LogP contribution in [0.3, 0.4) is 0 Å². The Morgan fingerprint density at radius 3 is 2.17 bits per heavy atom. The van der Waals surface area contributed by atoms with E-state index in [0.29, 0.717) is 13.2 Å². The van der Waals surface area contributed by atoms with E-state index in [1.807, 2.05) is 50.3 Å². The molecule has 1 saturated heterocycles. The van der Waals surface area contributed by atoms with Crippen LogP contribution in [0.2, 0.25) is 0 Å². The first-order valence-corrected chi connectivity index (χ1v) is 10.3. The number of ether oxygens (including phenoxy) is 1. The van der Waals surface area contributed by atoms with E-state index in [1.54, 1.807) is 5.06 Å². The van der Waals surface area contributed by atoms with E-state index in [2.05, 4.69) is 44.0 Å². The predicted molar refractivity (Wildman–Crippen MR) is 122 cm³/mol. The molecule has 154 valence electrons. The molecule has 0 amide bonds. The summed E-state index contributed by atoms with van der Waals surface area (Å²) in [5, 5.41) is 1.80. The molecule has 0 spiro atoms. The Bertz CT molecular complexity index is 764. The molecule has 0 aliphatic carbocycles. The summed E-state index contributed by atoms with van der Waals surface area (Å²) in [7, 11) is 0. The molecular formula is C26H33NO2. The lowest BCUT2D eigenvalue weighted by Gasteiger charge is -2.34. The summed E-state index contributed by atoms with van der Waals surface area (Å²) in [6, 6.07) is 18.3. The van der Waals surface area contributed by atoms with E-state index in [4.69, 9.17) is 9.57 Å². The zero-order chi connectivity index (χ0) is 21.1. The van der Waals surface area contributed by atoms with E-state index in [0.717, 1.165) is 47.3 Å². The monoisotopic (exact) mass is 391 g/mol. The summed E-state index contributed by atoms with van der Waals surface area (Å²) < 4.78 is 5.98. The molecule has 1 aliphatic heterocycles. The van der Waals surface area contributed by atoms with Crippen LogP contribution in [0, 0.1) is 0 Å². The summed E-state index contributed by atoms with van der Waals surface area (Å²) >= 11 is 0. The molecule has 0 saturated carbocycles. The van der Waals surface area contributed by atoms with E-state index >= 15 is 0 Å². The molecule has 1 fully saturated rings. The van der Waals surface area contributed by atoms with Gasteiger partial charge in [-0.25, -0.2) is 5.06 Å². The number of hydroxylamine groups is 2. The fraction of sp³-hybridized carbons (Fsp3) is 0.308. The van der Waals surface area contributed by atoms with Gasteiger partial charge in [0.1, 0.15) is 6.10 Å². The molecule has 3 nitrogen and oxygen atoms in total. The molecule has 2 aromatic rings. The van der Waals surface area contributed by atoms with Crippen LogP contribution in [0.15, 0.2) is 85.7 Å². The zero-order valence-electron chi connectivity index (χ0n) is 17.8. The first-order chi connectivity index (χ1) is 14.2. The average Bonchev–Trinajstić information content (AvgIpc) is 2.77. The zero-order valence-corrected chi connectivity index (χ0v) is 17.8. The fourth-order valence-corrected chi connectivity index (χ4v) is 3.09. The largest absolute Gasteiger partial charge is 0.374 e. The number of allylic oxidation sites excluding steroid dienone is 2. The van der Waals surface area contributed by atoms with Crippen LogP contribution in [-0.4, -0.2) is 11.7 Å². The van der Waals surface area contributed by atoms with Crippen molar-refractivity contribution in [3.8, 4) is 0 Å². The number of rotatable bonds is 8. The molecule has 0 aromatic heterocycles. The Kier molecular flexibility index (Phi) is 9.42.